The maximum absolute atomic E-state index is 12.6. The Balaban J connectivity index is 1.57. The van der Waals surface area contributed by atoms with Gasteiger partial charge < -0.3 is 20.1 Å². The van der Waals surface area contributed by atoms with E-state index in [1.165, 1.54) is 37.0 Å². The quantitative estimate of drug-likeness (QED) is 0.143. The number of halogens is 1. The van der Waals surface area contributed by atoms with Crippen molar-refractivity contribution >= 4 is 62.6 Å². The van der Waals surface area contributed by atoms with Crippen LogP contribution in [-0.4, -0.2) is 23.1 Å². The Labute approximate surface area is 222 Å². The standard InChI is InChI=1S/C25H24ClN3O5S2/c1-33-24(30)22-20-6-4-2-3-5-7-21(20)36-23(22)28-25(35)27-16-12-17(29(31)32)14-19(13-16)34-18-10-8-15(26)9-11-18/h8-14H,2-7H2,1H3,(H2,27,28,35). The monoisotopic (exact) mass is 545 g/mol. The number of thiocarbonyl (C=S) groups is 1. The summed E-state index contributed by atoms with van der Waals surface area (Å²) in [5.74, 6) is 0.323. The van der Waals surface area contributed by atoms with Gasteiger partial charge in [-0.2, -0.15) is 0 Å². The zero-order chi connectivity index (χ0) is 25.7. The number of aryl methyl sites for hydroxylation is 1. The van der Waals surface area contributed by atoms with Crippen molar-refractivity contribution in [3.63, 3.8) is 0 Å². The number of carbonyl (C=O) groups is 1. The predicted octanol–water partition coefficient (Wildman–Crippen LogP) is 7.36. The smallest absolute Gasteiger partial charge is 0.341 e. The van der Waals surface area contributed by atoms with Gasteiger partial charge in [-0.25, -0.2) is 4.79 Å². The van der Waals surface area contributed by atoms with Crippen LogP contribution in [0.4, 0.5) is 16.4 Å². The van der Waals surface area contributed by atoms with E-state index in [-0.39, 0.29) is 16.5 Å². The fourth-order valence-electron chi connectivity index (χ4n) is 4.05. The van der Waals surface area contributed by atoms with Gasteiger partial charge in [0.05, 0.1) is 29.4 Å². The molecule has 0 fully saturated rings. The minimum Gasteiger partial charge on any atom is -0.465 e. The van der Waals surface area contributed by atoms with Crippen molar-refractivity contribution in [3.8, 4) is 11.5 Å². The molecule has 11 heteroatoms. The lowest BCUT2D eigenvalue weighted by Gasteiger charge is -2.13. The molecule has 3 aromatic rings. The summed E-state index contributed by atoms with van der Waals surface area (Å²) < 4.78 is 10.8. The van der Waals surface area contributed by atoms with Crippen LogP contribution < -0.4 is 15.4 Å². The van der Waals surface area contributed by atoms with E-state index in [2.05, 4.69) is 10.6 Å². The van der Waals surface area contributed by atoms with Crippen LogP contribution in [0.3, 0.4) is 0 Å². The van der Waals surface area contributed by atoms with Gasteiger partial charge in [0, 0.05) is 22.0 Å². The number of carbonyl (C=O) groups excluding carboxylic acids is 1. The van der Waals surface area contributed by atoms with Gasteiger partial charge in [0.25, 0.3) is 5.69 Å². The zero-order valence-corrected chi connectivity index (χ0v) is 21.9. The summed E-state index contributed by atoms with van der Waals surface area (Å²) in [5.41, 5.74) is 1.72. The van der Waals surface area contributed by atoms with Crippen LogP contribution in [0.25, 0.3) is 0 Å². The first-order valence-electron chi connectivity index (χ1n) is 11.4. The molecule has 1 aromatic heterocycles. The fourth-order valence-corrected chi connectivity index (χ4v) is 5.74. The molecule has 2 aromatic carbocycles. The molecule has 0 radical (unpaired) electrons. The summed E-state index contributed by atoms with van der Waals surface area (Å²) in [7, 11) is 1.36. The number of thiophene rings is 1. The fraction of sp³-hybridized carbons (Fsp3) is 0.280. The second kappa shape index (κ2) is 11.7. The molecule has 1 aliphatic carbocycles. The second-order valence-corrected chi connectivity index (χ2v) is 10.2. The summed E-state index contributed by atoms with van der Waals surface area (Å²) in [5, 5.41) is 18.9. The molecule has 188 valence electrons. The summed E-state index contributed by atoms with van der Waals surface area (Å²) in [6, 6.07) is 10.9. The molecular weight excluding hydrogens is 522 g/mol. The molecule has 1 aliphatic rings. The molecule has 36 heavy (non-hydrogen) atoms. The van der Waals surface area contributed by atoms with E-state index < -0.39 is 10.9 Å². The highest BCUT2D eigenvalue weighted by atomic mass is 35.5. The van der Waals surface area contributed by atoms with Crippen molar-refractivity contribution in [2.24, 2.45) is 0 Å². The Bertz CT molecular complexity index is 1290. The second-order valence-electron chi connectivity index (χ2n) is 8.22. The lowest BCUT2D eigenvalue weighted by Crippen LogP contribution is -2.20. The van der Waals surface area contributed by atoms with Gasteiger partial charge in [0.15, 0.2) is 5.11 Å². The Hall–Kier alpha value is -3.21. The Kier molecular flexibility index (Phi) is 8.40. The first-order valence-corrected chi connectivity index (χ1v) is 13.0. The van der Waals surface area contributed by atoms with E-state index in [9.17, 15) is 14.9 Å². The maximum atomic E-state index is 12.6. The summed E-state index contributed by atoms with van der Waals surface area (Å²) in [6.07, 6.45) is 6.10. The zero-order valence-electron chi connectivity index (χ0n) is 19.5. The number of nitrogens with zero attached hydrogens (tertiary/aromatic N) is 1. The van der Waals surface area contributed by atoms with Crippen molar-refractivity contribution in [1.82, 2.24) is 0 Å². The van der Waals surface area contributed by atoms with Crippen LogP contribution in [-0.2, 0) is 17.6 Å². The van der Waals surface area contributed by atoms with Gasteiger partial charge in [-0.05, 0) is 67.7 Å². The third-order valence-corrected chi connectivity index (χ3v) is 7.36. The number of hydrogen-bond donors (Lipinski definition) is 2. The van der Waals surface area contributed by atoms with E-state index in [4.69, 9.17) is 33.3 Å². The van der Waals surface area contributed by atoms with E-state index in [0.717, 1.165) is 42.5 Å². The number of nitro groups is 1. The van der Waals surface area contributed by atoms with Crippen LogP contribution >= 0.6 is 35.2 Å². The minimum atomic E-state index is -0.509. The van der Waals surface area contributed by atoms with Crippen molar-refractivity contribution in [2.45, 2.75) is 38.5 Å². The lowest BCUT2D eigenvalue weighted by atomic mass is 9.96. The number of esters is 1. The molecule has 0 atom stereocenters. The minimum absolute atomic E-state index is 0.166. The third-order valence-electron chi connectivity index (χ3n) is 5.70. The molecule has 0 unspecified atom stereocenters. The largest absolute Gasteiger partial charge is 0.465 e. The average molecular weight is 546 g/mol. The van der Waals surface area contributed by atoms with Gasteiger partial charge in [0.2, 0.25) is 0 Å². The Morgan fingerprint density at radius 3 is 2.47 bits per heavy atom. The highest BCUT2D eigenvalue weighted by Crippen LogP contribution is 2.38. The van der Waals surface area contributed by atoms with Crippen LogP contribution in [0.5, 0.6) is 11.5 Å². The van der Waals surface area contributed by atoms with Crippen LogP contribution in [0.15, 0.2) is 42.5 Å². The van der Waals surface area contributed by atoms with Gasteiger partial charge in [-0.15, -0.1) is 11.3 Å². The Morgan fingerprint density at radius 2 is 1.78 bits per heavy atom. The first kappa shape index (κ1) is 25.9. The number of rotatable bonds is 6. The molecule has 2 N–H and O–H groups in total. The molecule has 0 spiro atoms. The molecule has 1 heterocycles. The summed E-state index contributed by atoms with van der Waals surface area (Å²) >= 11 is 12.9. The van der Waals surface area contributed by atoms with Crippen molar-refractivity contribution in [1.29, 1.82) is 0 Å². The van der Waals surface area contributed by atoms with Crippen molar-refractivity contribution < 1.29 is 19.2 Å². The van der Waals surface area contributed by atoms with Gasteiger partial charge in [0.1, 0.15) is 16.5 Å². The highest BCUT2D eigenvalue weighted by Gasteiger charge is 2.25. The van der Waals surface area contributed by atoms with Gasteiger partial charge >= 0.3 is 5.97 Å². The number of nitrogens with one attached hydrogen (secondary N) is 2. The number of anilines is 2. The molecule has 0 bridgehead atoms. The maximum Gasteiger partial charge on any atom is 0.341 e. The molecule has 8 nitrogen and oxygen atoms in total. The molecular formula is C25H24ClN3O5S2. The van der Waals surface area contributed by atoms with E-state index in [0.29, 0.717) is 27.0 Å². The van der Waals surface area contributed by atoms with Crippen LogP contribution in [0.2, 0.25) is 5.02 Å². The van der Waals surface area contributed by atoms with E-state index in [1.807, 2.05) is 0 Å². The first-order chi connectivity index (χ1) is 17.3. The molecule has 4 rings (SSSR count). The highest BCUT2D eigenvalue weighted by molar-refractivity contribution is 7.80. The summed E-state index contributed by atoms with van der Waals surface area (Å²) in [6.45, 7) is 0. The molecule has 0 saturated heterocycles. The molecule has 0 aliphatic heterocycles. The molecule has 0 amide bonds. The van der Waals surface area contributed by atoms with E-state index >= 15 is 0 Å². The lowest BCUT2D eigenvalue weighted by molar-refractivity contribution is -0.384. The van der Waals surface area contributed by atoms with Gasteiger partial charge in [-0.3, -0.25) is 10.1 Å². The number of nitro benzene ring substituents is 1. The number of hydrogen-bond acceptors (Lipinski definition) is 7. The number of benzene rings is 2. The normalized spacial score (nSPS) is 13.1. The summed E-state index contributed by atoms with van der Waals surface area (Å²) in [4.78, 5) is 24.8. The number of non-ortho nitro benzene ring substituents is 1. The average Bonchev–Trinajstić information content (AvgIpc) is 3.15. The van der Waals surface area contributed by atoms with Gasteiger partial charge in [-0.1, -0.05) is 24.4 Å². The van der Waals surface area contributed by atoms with Crippen LogP contribution in [0, 0.1) is 10.1 Å². The van der Waals surface area contributed by atoms with Crippen LogP contribution in [0.1, 0.15) is 46.5 Å². The Morgan fingerprint density at radius 1 is 1.06 bits per heavy atom. The number of fused-ring (bicyclic) bond motifs is 1. The van der Waals surface area contributed by atoms with Crippen molar-refractivity contribution in [2.75, 3.05) is 17.7 Å². The predicted molar refractivity (Wildman–Crippen MR) is 146 cm³/mol. The van der Waals surface area contributed by atoms with E-state index in [1.54, 1.807) is 30.3 Å². The number of ether oxygens (including phenoxy) is 2. The SMILES string of the molecule is COC(=O)c1c(NC(=S)Nc2cc(Oc3ccc(Cl)cc3)cc([N+](=O)[O-])c2)sc2c1CCCCCC2. The number of methoxy groups -OCH3 is 1. The van der Waals surface area contributed by atoms with Crippen molar-refractivity contribution in [3.05, 3.63) is 73.6 Å². The third kappa shape index (κ3) is 6.31. The molecule has 0 saturated carbocycles. The topological polar surface area (TPSA) is 103 Å².